The van der Waals surface area contributed by atoms with Crippen LogP contribution in [0.4, 0.5) is 0 Å². The fourth-order valence-electron chi connectivity index (χ4n) is 3.48. The highest BCUT2D eigenvalue weighted by atomic mass is 15.1. The van der Waals surface area contributed by atoms with Gasteiger partial charge in [-0.15, -0.1) is 0 Å². The van der Waals surface area contributed by atoms with Crippen molar-refractivity contribution in [2.45, 2.75) is 123 Å². The fraction of sp³-hybridized carbons (Fsp3) is 0.840. The minimum Gasteiger partial charge on any atom is -0.306 e. The fourth-order valence-corrected chi connectivity index (χ4v) is 3.48. The first-order chi connectivity index (χ1) is 12.7. The smallest absolute Gasteiger partial charge is 0.00891 e. The van der Waals surface area contributed by atoms with Gasteiger partial charge in [0.2, 0.25) is 0 Å². The molecule has 0 rings (SSSR count). The van der Waals surface area contributed by atoms with Crippen LogP contribution >= 0.6 is 0 Å². The number of unbranched alkanes of at least 4 members (excludes halogenated alkanes) is 10. The van der Waals surface area contributed by atoms with Crippen LogP contribution in [0, 0.1) is 0 Å². The second kappa shape index (κ2) is 20.7. The van der Waals surface area contributed by atoms with Gasteiger partial charge in [-0.2, -0.15) is 0 Å². The van der Waals surface area contributed by atoms with E-state index in [-0.39, 0.29) is 0 Å². The van der Waals surface area contributed by atoms with E-state index in [1.807, 2.05) is 0 Å². The Balaban J connectivity index is 3.44. The van der Waals surface area contributed by atoms with Gasteiger partial charge >= 0.3 is 0 Å². The SMILES string of the molecule is CCCCC/C=C\C/C=C\CCCCCCC[C@@H](CCCCC)N(C)C. The van der Waals surface area contributed by atoms with E-state index in [4.69, 9.17) is 0 Å². The summed E-state index contributed by atoms with van der Waals surface area (Å²) in [5, 5.41) is 0. The summed E-state index contributed by atoms with van der Waals surface area (Å²) >= 11 is 0. The van der Waals surface area contributed by atoms with E-state index in [2.05, 4.69) is 57.1 Å². The average Bonchev–Trinajstić information content (AvgIpc) is 2.63. The van der Waals surface area contributed by atoms with Crippen molar-refractivity contribution in [2.75, 3.05) is 14.1 Å². The van der Waals surface area contributed by atoms with Gasteiger partial charge in [0.15, 0.2) is 0 Å². The minimum absolute atomic E-state index is 0.805. The summed E-state index contributed by atoms with van der Waals surface area (Å²) in [5.41, 5.74) is 0. The van der Waals surface area contributed by atoms with E-state index < -0.39 is 0 Å². The second-order valence-electron chi connectivity index (χ2n) is 8.13. The third kappa shape index (κ3) is 18.2. The number of rotatable bonds is 19. The quantitative estimate of drug-likeness (QED) is 0.165. The Labute approximate surface area is 166 Å². The van der Waals surface area contributed by atoms with Crippen LogP contribution in [-0.2, 0) is 0 Å². The lowest BCUT2D eigenvalue weighted by molar-refractivity contribution is 0.252. The lowest BCUT2D eigenvalue weighted by Gasteiger charge is -2.24. The zero-order valence-electron chi connectivity index (χ0n) is 18.6. The van der Waals surface area contributed by atoms with E-state index in [0.29, 0.717) is 0 Å². The van der Waals surface area contributed by atoms with Crippen molar-refractivity contribution in [3.05, 3.63) is 24.3 Å². The van der Waals surface area contributed by atoms with E-state index >= 15 is 0 Å². The van der Waals surface area contributed by atoms with E-state index in [1.54, 1.807) is 0 Å². The van der Waals surface area contributed by atoms with Gasteiger partial charge in [0.05, 0.1) is 0 Å². The minimum atomic E-state index is 0.805. The summed E-state index contributed by atoms with van der Waals surface area (Å²) in [6.45, 7) is 4.56. The molecule has 0 aromatic heterocycles. The molecular weight excluding hydrogens is 314 g/mol. The maximum absolute atomic E-state index is 2.44. The summed E-state index contributed by atoms with van der Waals surface area (Å²) in [6, 6.07) is 0.805. The van der Waals surface area contributed by atoms with Crippen LogP contribution in [0.25, 0.3) is 0 Å². The van der Waals surface area contributed by atoms with Crippen LogP contribution in [-0.4, -0.2) is 25.0 Å². The normalized spacial score (nSPS) is 13.4. The lowest BCUT2D eigenvalue weighted by atomic mass is 10.00. The molecule has 0 N–H and O–H groups in total. The standard InChI is InChI=1S/C25H49N/c1-5-7-9-10-11-12-13-14-15-16-17-18-19-20-22-24-25(26(3)4)23-21-8-6-2/h11-12,14-15,25H,5-10,13,16-24H2,1-4H3/b12-11-,15-14-/t25-/m1/s1. The summed E-state index contributed by atoms with van der Waals surface area (Å²) in [5.74, 6) is 0. The monoisotopic (exact) mass is 363 g/mol. The predicted molar refractivity (Wildman–Crippen MR) is 121 cm³/mol. The van der Waals surface area contributed by atoms with Gasteiger partial charge in [0.1, 0.15) is 0 Å². The summed E-state index contributed by atoms with van der Waals surface area (Å²) < 4.78 is 0. The van der Waals surface area contributed by atoms with Crippen LogP contribution in [0.15, 0.2) is 24.3 Å². The number of allylic oxidation sites excluding steroid dienone is 4. The maximum Gasteiger partial charge on any atom is 0.00891 e. The zero-order valence-corrected chi connectivity index (χ0v) is 18.6. The van der Waals surface area contributed by atoms with Crippen molar-refractivity contribution >= 4 is 0 Å². The van der Waals surface area contributed by atoms with Gasteiger partial charge in [0.25, 0.3) is 0 Å². The Bertz CT molecular complexity index is 316. The van der Waals surface area contributed by atoms with Crippen LogP contribution < -0.4 is 0 Å². The Morgan fingerprint density at radius 2 is 1.04 bits per heavy atom. The van der Waals surface area contributed by atoms with Crippen molar-refractivity contribution in [1.82, 2.24) is 4.90 Å². The highest BCUT2D eigenvalue weighted by Gasteiger charge is 2.10. The first-order valence-electron chi connectivity index (χ1n) is 11.7. The topological polar surface area (TPSA) is 3.24 Å². The molecule has 154 valence electrons. The molecule has 0 saturated heterocycles. The lowest BCUT2D eigenvalue weighted by Crippen LogP contribution is -2.27. The van der Waals surface area contributed by atoms with Crippen molar-refractivity contribution < 1.29 is 0 Å². The maximum atomic E-state index is 2.44. The van der Waals surface area contributed by atoms with Crippen molar-refractivity contribution in [2.24, 2.45) is 0 Å². The van der Waals surface area contributed by atoms with Gasteiger partial charge in [-0.25, -0.2) is 0 Å². The molecule has 0 aliphatic rings. The molecule has 0 aliphatic carbocycles. The molecule has 0 spiro atoms. The molecule has 26 heavy (non-hydrogen) atoms. The van der Waals surface area contributed by atoms with E-state index in [9.17, 15) is 0 Å². The number of hydrogen-bond acceptors (Lipinski definition) is 1. The summed E-state index contributed by atoms with van der Waals surface area (Å²) in [4.78, 5) is 2.44. The number of hydrogen-bond donors (Lipinski definition) is 0. The first-order valence-corrected chi connectivity index (χ1v) is 11.7. The third-order valence-electron chi connectivity index (χ3n) is 5.36. The summed E-state index contributed by atoms with van der Waals surface area (Å²) in [6.07, 6.45) is 31.0. The van der Waals surface area contributed by atoms with Gasteiger partial charge in [-0.3, -0.25) is 0 Å². The predicted octanol–water partition coefficient (Wildman–Crippen LogP) is 8.31. The molecule has 0 fully saturated rings. The Morgan fingerprint density at radius 3 is 1.62 bits per heavy atom. The van der Waals surface area contributed by atoms with E-state index in [1.165, 1.54) is 96.3 Å². The molecule has 0 aromatic rings. The van der Waals surface area contributed by atoms with Gasteiger partial charge in [-0.1, -0.05) is 95.9 Å². The molecule has 0 heterocycles. The molecule has 1 atom stereocenters. The van der Waals surface area contributed by atoms with Gasteiger partial charge in [0, 0.05) is 6.04 Å². The molecule has 1 heteroatoms. The molecule has 0 aliphatic heterocycles. The molecule has 0 saturated carbocycles. The molecule has 1 nitrogen and oxygen atoms in total. The Kier molecular flexibility index (Phi) is 20.3. The van der Waals surface area contributed by atoms with Crippen LogP contribution in [0.2, 0.25) is 0 Å². The van der Waals surface area contributed by atoms with Crippen molar-refractivity contribution in [3.63, 3.8) is 0 Å². The van der Waals surface area contributed by atoms with Crippen LogP contribution in [0.1, 0.15) is 117 Å². The van der Waals surface area contributed by atoms with E-state index in [0.717, 1.165) is 12.5 Å². The molecule has 0 radical (unpaired) electrons. The Hall–Kier alpha value is -0.560. The van der Waals surface area contributed by atoms with Gasteiger partial charge < -0.3 is 4.90 Å². The van der Waals surface area contributed by atoms with Crippen LogP contribution in [0.5, 0.6) is 0 Å². The van der Waals surface area contributed by atoms with Crippen molar-refractivity contribution in [1.29, 1.82) is 0 Å². The zero-order chi connectivity index (χ0) is 19.3. The first kappa shape index (κ1) is 25.4. The summed E-state index contributed by atoms with van der Waals surface area (Å²) in [7, 11) is 4.51. The molecular formula is C25H49N. The molecule has 0 unspecified atom stereocenters. The van der Waals surface area contributed by atoms with Gasteiger partial charge in [-0.05, 0) is 59.0 Å². The Morgan fingerprint density at radius 1 is 0.577 bits per heavy atom. The van der Waals surface area contributed by atoms with Crippen LogP contribution in [0.3, 0.4) is 0 Å². The van der Waals surface area contributed by atoms with Crippen molar-refractivity contribution in [3.8, 4) is 0 Å². The molecule has 0 aromatic carbocycles. The average molecular weight is 364 g/mol. The highest BCUT2D eigenvalue weighted by Crippen LogP contribution is 2.16. The number of nitrogens with zero attached hydrogens (tertiary/aromatic N) is 1. The molecule has 0 amide bonds. The second-order valence-corrected chi connectivity index (χ2v) is 8.13. The largest absolute Gasteiger partial charge is 0.306 e. The highest BCUT2D eigenvalue weighted by molar-refractivity contribution is 4.92. The third-order valence-corrected chi connectivity index (χ3v) is 5.36. The molecule has 0 bridgehead atoms.